The highest BCUT2D eigenvalue weighted by Crippen LogP contribution is 2.24. The van der Waals surface area contributed by atoms with Crippen molar-refractivity contribution in [1.29, 1.82) is 0 Å². The first kappa shape index (κ1) is 22.5. The molecule has 2 N–H and O–H groups in total. The largest absolute Gasteiger partial charge is 0.465 e. The van der Waals surface area contributed by atoms with Crippen molar-refractivity contribution in [2.45, 2.75) is 25.4 Å². The topological polar surface area (TPSA) is 66.0 Å². The number of halogens is 1. The van der Waals surface area contributed by atoms with Crippen LogP contribution in [-0.2, 0) is 11.3 Å². The van der Waals surface area contributed by atoms with Crippen molar-refractivity contribution < 1.29 is 9.53 Å². The summed E-state index contributed by atoms with van der Waals surface area (Å²) in [4.78, 5) is 18.3. The van der Waals surface area contributed by atoms with E-state index in [9.17, 15) is 4.79 Å². The summed E-state index contributed by atoms with van der Waals surface area (Å²) in [6.45, 7) is 2.77. The molecule has 6 nitrogen and oxygen atoms in total. The molecule has 1 fully saturated rings. The zero-order valence-corrected chi connectivity index (χ0v) is 19.3. The molecule has 0 amide bonds. The van der Waals surface area contributed by atoms with Crippen molar-refractivity contribution in [3.8, 4) is 0 Å². The number of guanidine groups is 1. The second kappa shape index (κ2) is 11.3. The van der Waals surface area contributed by atoms with Crippen LogP contribution in [0.5, 0.6) is 0 Å². The van der Waals surface area contributed by atoms with Gasteiger partial charge in [-0.2, -0.15) is 0 Å². The Morgan fingerprint density at radius 1 is 1.25 bits per heavy atom. The minimum Gasteiger partial charge on any atom is -0.465 e. The molecule has 0 radical (unpaired) electrons. The number of nitrogens with one attached hydrogen (secondary N) is 2. The van der Waals surface area contributed by atoms with Gasteiger partial charge in [0.2, 0.25) is 0 Å². The van der Waals surface area contributed by atoms with Crippen LogP contribution in [-0.4, -0.2) is 45.2 Å². The number of carbonyl (C=O) groups excluding carboxylic acids is 1. The number of ether oxygens (including phenoxy) is 1. The quantitative estimate of drug-likeness (QED) is 0.277. The first-order valence-corrected chi connectivity index (χ1v) is 10.0. The van der Waals surface area contributed by atoms with Gasteiger partial charge >= 0.3 is 5.97 Å². The number of piperidine rings is 1. The predicted molar refractivity (Wildman–Crippen MR) is 126 cm³/mol. The average Bonchev–Trinajstić information content (AvgIpc) is 3.26. The number of esters is 1. The molecular weight excluding hydrogens is 487 g/mol. The lowest BCUT2D eigenvalue weighted by atomic mass is 10.1. The molecule has 1 aliphatic heterocycles. The fraction of sp³-hybridized carbons (Fsp3) is 0.400. The summed E-state index contributed by atoms with van der Waals surface area (Å²) in [5.74, 6) is 0.488. The molecule has 3 rings (SSSR count). The number of hydrogen-bond acceptors (Lipinski definition) is 5. The van der Waals surface area contributed by atoms with E-state index in [2.05, 4.69) is 38.0 Å². The van der Waals surface area contributed by atoms with E-state index in [4.69, 9.17) is 4.74 Å². The summed E-state index contributed by atoms with van der Waals surface area (Å²) in [7, 11) is 3.18. The highest BCUT2D eigenvalue weighted by Gasteiger charge is 2.20. The van der Waals surface area contributed by atoms with E-state index >= 15 is 0 Å². The molecule has 2 aromatic rings. The van der Waals surface area contributed by atoms with Crippen LogP contribution in [0, 0.1) is 0 Å². The molecule has 0 atom stereocenters. The van der Waals surface area contributed by atoms with Gasteiger partial charge in [0.05, 0.1) is 17.7 Å². The first-order chi connectivity index (χ1) is 13.2. The fourth-order valence-electron chi connectivity index (χ4n) is 3.14. The molecule has 1 saturated heterocycles. The Labute approximate surface area is 187 Å². The Balaban J connectivity index is 0.00000280. The van der Waals surface area contributed by atoms with Crippen LogP contribution in [0.3, 0.4) is 0 Å². The molecule has 28 heavy (non-hydrogen) atoms. The van der Waals surface area contributed by atoms with Gasteiger partial charge in [0.15, 0.2) is 5.96 Å². The van der Waals surface area contributed by atoms with Crippen molar-refractivity contribution in [3.63, 3.8) is 0 Å². The lowest BCUT2D eigenvalue weighted by molar-refractivity contribution is 0.0600. The number of methoxy groups -OCH3 is 1. The number of carbonyl (C=O) groups is 1. The summed E-state index contributed by atoms with van der Waals surface area (Å²) in [6.07, 6.45) is 2.18. The molecule has 2 heterocycles. The van der Waals surface area contributed by atoms with Crippen LogP contribution < -0.4 is 15.5 Å². The van der Waals surface area contributed by atoms with Crippen molar-refractivity contribution in [2.24, 2.45) is 4.99 Å². The van der Waals surface area contributed by atoms with Gasteiger partial charge in [0.25, 0.3) is 0 Å². The van der Waals surface area contributed by atoms with E-state index in [1.54, 1.807) is 30.5 Å². The second-order valence-electron chi connectivity index (χ2n) is 6.47. The molecule has 0 aliphatic carbocycles. The molecule has 0 saturated carbocycles. The smallest absolute Gasteiger partial charge is 0.337 e. The lowest BCUT2D eigenvalue weighted by Gasteiger charge is -2.33. The van der Waals surface area contributed by atoms with Crippen LogP contribution in [0.1, 0.15) is 28.8 Å². The zero-order chi connectivity index (χ0) is 19.1. The third kappa shape index (κ3) is 6.10. The third-order valence-corrected chi connectivity index (χ3v) is 5.64. The van der Waals surface area contributed by atoms with E-state index in [1.165, 1.54) is 12.1 Å². The van der Waals surface area contributed by atoms with Gasteiger partial charge < -0.3 is 20.3 Å². The minimum atomic E-state index is -0.319. The number of benzene rings is 1. The Morgan fingerprint density at radius 2 is 1.96 bits per heavy atom. The van der Waals surface area contributed by atoms with Crippen LogP contribution >= 0.6 is 35.3 Å². The number of rotatable bonds is 5. The van der Waals surface area contributed by atoms with Crippen molar-refractivity contribution in [3.05, 3.63) is 52.9 Å². The van der Waals surface area contributed by atoms with Crippen LogP contribution in [0.2, 0.25) is 0 Å². The van der Waals surface area contributed by atoms with Crippen molar-refractivity contribution >= 4 is 52.2 Å². The number of hydrogen-bond donors (Lipinski definition) is 2. The first-order valence-electron chi connectivity index (χ1n) is 9.12. The zero-order valence-electron chi connectivity index (χ0n) is 16.2. The number of nitrogens with zero attached hydrogens (tertiary/aromatic N) is 2. The fourth-order valence-corrected chi connectivity index (χ4v) is 3.93. The normalized spacial score (nSPS) is 14.9. The number of thiophene rings is 1. The average molecular weight is 514 g/mol. The van der Waals surface area contributed by atoms with Gasteiger partial charge in [0.1, 0.15) is 0 Å². The SMILES string of the molecule is CN=C(NCc1ccc(C(=O)OC)cc1)NC1CCN(c2cccs2)CC1.I. The number of aliphatic imine (C=N–C) groups is 1. The van der Waals surface area contributed by atoms with Gasteiger partial charge in [0, 0.05) is 32.7 Å². The minimum absolute atomic E-state index is 0. The van der Waals surface area contributed by atoms with E-state index in [0.29, 0.717) is 18.2 Å². The maximum absolute atomic E-state index is 11.5. The predicted octanol–water partition coefficient (Wildman–Crippen LogP) is 3.49. The summed E-state index contributed by atoms with van der Waals surface area (Å²) in [5, 5.41) is 10.3. The van der Waals surface area contributed by atoms with Gasteiger partial charge in [-0.05, 0) is 48.1 Å². The Hall–Kier alpha value is -1.81. The van der Waals surface area contributed by atoms with Gasteiger partial charge in [-0.3, -0.25) is 4.99 Å². The van der Waals surface area contributed by atoms with Gasteiger partial charge in [-0.15, -0.1) is 35.3 Å². The van der Waals surface area contributed by atoms with Crippen LogP contribution in [0.15, 0.2) is 46.8 Å². The molecule has 1 aromatic carbocycles. The molecule has 0 spiro atoms. The molecule has 8 heteroatoms. The second-order valence-corrected chi connectivity index (χ2v) is 7.40. The Morgan fingerprint density at radius 3 is 2.54 bits per heavy atom. The summed E-state index contributed by atoms with van der Waals surface area (Å²) < 4.78 is 4.72. The maximum atomic E-state index is 11.5. The van der Waals surface area contributed by atoms with E-state index in [1.807, 2.05) is 12.1 Å². The molecule has 0 bridgehead atoms. The standard InChI is InChI=1S/C20H26N4O2S.HI/c1-21-20(22-14-15-5-7-16(8-6-15)19(25)26-2)23-17-9-11-24(12-10-17)18-4-3-13-27-18;/h3-8,13,17H,9-12,14H2,1-2H3,(H2,21,22,23);1H. The third-order valence-electron chi connectivity index (χ3n) is 4.71. The molecule has 152 valence electrons. The highest BCUT2D eigenvalue weighted by atomic mass is 127. The monoisotopic (exact) mass is 514 g/mol. The Kier molecular flexibility index (Phi) is 9.04. The van der Waals surface area contributed by atoms with Crippen LogP contribution in [0.25, 0.3) is 0 Å². The maximum Gasteiger partial charge on any atom is 0.337 e. The summed E-state index contributed by atoms with van der Waals surface area (Å²) >= 11 is 1.80. The van der Waals surface area contributed by atoms with E-state index < -0.39 is 0 Å². The van der Waals surface area contributed by atoms with E-state index in [-0.39, 0.29) is 29.9 Å². The van der Waals surface area contributed by atoms with Crippen LogP contribution in [0.4, 0.5) is 5.00 Å². The molecule has 1 aliphatic rings. The van der Waals surface area contributed by atoms with Gasteiger partial charge in [-0.25, -0.2) is 4.79 Å². The lowest BCUT2D eigenvalue weighted by Crippen LogP contribution is -2.48. The Bertz CT molecular complexity index is 757. The molecule has 1 aromatic heterocycles. The summed E-state index contributed by atoms with van der Waals surface area (Å²) in [6, 6.07) is 12.1. The van der Waals surface area contributed by atoms with Crippen molar-refractivity contribution in [1.82, 2.24) is 10.6 Å². The molecule has 0 unspecified atom stereocenters. The van der Waals surface area contributed by atoms with Gasteiger partial charge in [-0.1, -0.05) is 12.1 Å². The van der Waals surface area contributed by atoms with E-state index in [0.717, 1.165) is 37.5 Å². The number of anilines is 1. The highest BCUT2D eigenvalue weighted by molar-refractivity contribution is 14.0. The summed E-state index contributed by atoms with van der Waals surface area (Å²) in [5.41, 5.74) is 1.64. The van der Waals surface area contributed by atoms with Crippen molar-refractivity contribution in [2.75, 3.05) is 32.1 Å². The molecular formula is C20H27IN4O2S.